The molecule has 0 aromatic heterocycles. The quantitative estimate of drug-likeness (QED) is 0.756. The van der Waals surface area contributed by atoms with E-state index in [2.05, 4.69) is 16.0 Å². The molecule has 0 spiro atoms. The van der Waals surface area contributed by atoms with Gasteiger partial charge in [0.1, 0.15) is 11.9 Å². The summed E-state index contributed by atoms with van der Waals surface area (Å²) in [5.74, 6) is 0.107. The van der Waals surface area contributed by atoms with Gasteiger partial charge in [0, 0.05) is 26.1 Å². The van der Waals surface area contributed by atoms with E-state index < -0.39 is 6.10 Å². The Labute approximate surface area is 123 Å². The van der Waals surface area contributed by atoms with E-state index in [-0.39, 0.29) is 11.8 Å². The Morgan fingerprint density at radius 3 is 2.76 bits per heavy atom. The van der Waals surface area contributed by atoms with Crippen LogP contribution in [0.1, 0.15) is 6.92 Å². The number of hydrogen-bond donors (Lipinski definition) is 3. The van der Waals surface area contributed by atoms with Crippen molar-refractivity contribution < 1.29 is 19.1 Å². The van der Waals surface area contributed by atoms with Crippen LogP contribution in [0, 0.1) is 0 Å². The van der Waals surface area contributed by atoms with Gasteiger partial charge >= 0.3 is 0 Å². The zero-order valence-electron chi connectivity index (χ0n) is 12.1. The van der Waals surface area contributed by atoms with Gasteiger partial charge in [-0.1, -0.05) is 0 Å². The molecule has 1 heterocycles. The first kappa shape index (κ1) is 15.3. The Hall–Kier alpha value is -2.12. The summed E-state index contributed by atoms with van der Waals surface area (Å²) < 4.78 is 10.5. The van der Waals surface area contributed by atoms with Gasteiger partial charge in [0.15, 0.2) is 0 Å². The topological polar surface area (TPSA) is 88.7 Å². The molecule has 1 atom stereocenters. The number of rotatable bonds is 4. The largest absolute Gasteiger partial charge is 0.497 e. The Kier molecular flexibility index (Phi) is 5.13. The van der Waals surface area contributed by atoms with E-state index in [0.29, 0.717) is 30.3 Å². The number of morpholine rings is 1. The van der Waals surface area contributed by atoms with Gasteiger partial charge in [-0.3, -0.25) is 9.59 Å². The van der Waals surface area contributed by atoms with Crippen molar-refractivity contribution in [3.05, 3.63) is 18.2 Å². The minimum Gasteiger partial charge on any atom is -0.497 e. The second-order valence-corrected chi connectivity index (χ2v) is 4.65. The molecule has 1 aliphatic rings. The fraction of sp³-hybridized carbons (Fsp3) is 0.429. The number of benzene rings is 1. The third-order valence-electron chi connectivity index (χ3n) is 3.02. The summed E-state index contributed by atoms with van der Waals surface area (Å²) in [4.78, 5) is 23.4. The summed E-state index contributed by atoms with van der Waals surface area (Å²) in [5.41, 5.74) is 0.990. The number of ether oxygens (including phenoxy) is 2. The van der Waals surface area contributed by atoms with E-state index in [0.717, 1.165) is 6.54 Å². The van der Waals surface area contributed by atoms with Gasteiger partial charge in [-0.25, -0.2) is 0 Å². The molecule has 1 saturated heterocycles. The summed E-state index contributed by atoms with van der Waals surface area (Å²) in [7, 11) is 1.53. The van der Waals surface area contributed by atoms with E-state index in [1.807, 2.05) is 0 Å². The van der Waals surface area contributed by atoms with Gasteiger partial charge in [0.25, 0.3) is 5.91 Å². The van der Waals surface area contributed by atoms with Crippen molar-refractivity contribution in [1.82, 2.24) is 5.32 Å². The molecular weight excluding hydrogens is 274 g/mol. The van der Waals surface area contributed by atoms with Crippen LogP contribution in [-0.4, -0.2) is 44.7 Å². The minimum atomic E-state index is -0.546. The molecule has 1 aromatic rings. The number of anilines is 2. The molecule has 7 nitrogen and oxygen atoms in total. The molecule has 2 amide bonds. The third-order valence-corrected chi connectivity index (χ3v) is 3.02. The first-order chi connectivity index (χ1) is 10.1. The average Bonchev–Trinajstić information content (AvgIpc) is 2.49. The van der Waals surface area contributed by atoms with E-state index in [4.69, 9.17) is 9.47 Å². The lowest BCUT2D eigenvalue weighted by atomic mass is 10.2. The van der Waals surface area contributed by atoms with Crippen LogP contribution in [0.25, 0.3) is 0 Å². The van der Waals surface area contributed by atoms with Crippen LogP contribution >= 0.6 is 0 Å². The summed E-state index contributed by atoms with van der Waals surface area (Å²) in [5, 5.41) is 8.52. The molecule has 3 N–H and O–H groups in total. The van der Waals surface area contributed by atoms with Crippen LogP contribution in [0.4, 0.5) is 11.4 Å². The molecule has 21 heavy (non-hydrogen) atoms. The average molecular weight is 293 g/mol. The lowest BCUT2D eigenvalue weighted by Gasteiger charge is -2.23. The monoisotopic (exact) mass is 293 g/mol. The van der Waals surface area contributed by atoms with Gasteiger partial charge in [-0.05, 0) is 12.1 Å². The van der Waals surface area contributed by atoms with Gasteiger partial charge in [0.2, 0.25) is 5.91 Å². The lowest BCUT2D eigenvalue weighted by molar-refractivity contribution is -0.128. The van der Waals surface area contributed by atoms with Crippen LogP contribution in [0.5, 0.6) is 5.75 Å². The summed E-state index contributed by atoms with van der Waals surface area (Å²) in [6.45, 7) is 3.10. The maximum Gasteiger partial charge on any atom is 0.254 e. The molecule has 1 aliphatic heterocycles. The van der Waals surface area contributed by atoms with Crippen LogP contribution in [0.3, 0.4) is 0 Å². The number of hydrogen-bond acceptors (Lipinski definition) is 5. The lowest BCUT2D eigenvalue weighted by Crippen LogP contribution is -2.45. The second-order valence-electron chi connectivity index (χ2n) is 4.65. The van der Waals surface area contributed by atoms with Crippen molar-refractivity contribution in [2.45, 2.75) is 13.0 Å². The molecule has 0 aliphatic carbocycles. The highest BCUT2D eigenvalue weighted by atomic mass is 16.5. The number of carbonyl (C=O) groups excluding carboxylic acids is 2. The maximum absolute atomic E-state index is 12.2. The van der Waals surface area contributed by atoms with Gasteiger partial charge in [-0.15, -0.1) is 0 Å². The van der Waals surface area contributed by atoms with Crippen LogP contribution in [0.2, 0.25) is 0 Å². The van der Waals surface area contributed by atoms with E-state index in [1.54, 1.807) is 18.2 Å². The normalized spacial score (nSPS) is 17.9. The highest BCUT2D eigenvalue weighted by Gasteiger charge is 2.22. The van der Waals surface area contributed by atoms with E-state index in [9.17, 15) is 9.59 Å². The van der Waals surface area contributed by atoms with Gasteiger partial charge in [0.05, 0.1) is 25.1 Å². The highest BCUT2D eigenvalue weighted by molar-refractivity contribution is 6.00. The molecule has 1 unspecified atom stereocenters. The molecule has 0 radical (unpaired) electrons. The molecule has 2 rings (SSSR count). The summed E-state index contributed by atoms with van der Waals surface area (Å²) >= 11 is 0. The van der Waals surface area contributed by atoms with Crippen molar-refractivity contribution >= 4 is 23.2 Å². The van der Waals surface area contributed by atoms with Gasteiger partial charge < -0.3 is 25.4 Å². The first-order valence-electron chi connectivity index (χ1n) is 6.69. The number of methoxy groups -OCH3 is 1. The van der Waals surface area contributed by atoms with Crippen molar-refractivity contribution in [2.75, 3.05) is 37.4 Å². The number of amides is 2. The smallest absolute Gasteiger partial charge is 0.254 e. The third kappa shape index (κ3) is 4.17. The number of carbonyl (C=O) groups is 2. The highest BCUT2D eigenvalue weighted by Crippen LogP contribution is 2.27. The maximum atomic E-state index is 12.2. The molecule has 0 bridgehead atoms. The zero-order valence-corrected chi connectivity index (χ0v) is 12.1. The summed E-state index contributed by atoms with van der Waals surface area (Å²) in [6, 6.07) is 5.04. The molecule has 7 heteroatoms. The predicted octanol–water partition coefficient (Wildman–Crippen LogP) is 0.580. The Balaban J connectivity index is 2.15. The second kappa shape index (κ2) is 7.05. The molecule has 1 aromatic carbocycles. The predicted molar refractivity (Wildman–Crippen MR) is 78.5 cm³/mol. The van der Waals surface area contributed by atoms with Crippen molar-refractivity contribution in [2.24, 2.45) is 0 Å². The Morgan fingerprint density at radius 2 is 2.14 bits per heavy atom. The first-order valence-corrected chi connectivity index (χ1v) is 6.69. The van der Waals surface area contributed by atoms with Crippen LogP contribution in [0.15, 0.2) is 18.2 Å². The van der Waals surface area contributed by atoms with Crippen LogP contribution < -0.4 is 20.7 Å². The summed E-state index contributed by atoms with van der Waals surface area (Å²) in [6.07, 6.45) is -0.546. The zero-order chi connectivity index (χ0) is 15.2. The molecule has 1 fully saturated rings. The van der Waals surface area contributed by atoms with Crippen molar-refractivity contribution in [3.63, 3.8) is 0 Å². The fourth-order valence-corrected chi connectivity index (χ4v) is 2.00. The van der Waals surface area contributed by atoms with Crippen molar-refractivity contribution in [1.29, 1.82) is 0 Å². The molecule has 0 saturated carbocycles. The molecular formula is C14H19N3O4. The number of nitrogens with one attached hydrogen (secondary N) is 3. The Morgan fingerprint density at radius 1 is 1.33 bits per heavy atom. The Bertz CT molecular complexity index is 527. The minimum absolute atomic E-state index is 0.216. The fourth-order valence-electron chi connectivity index (χ4n) is 2.00. The van der Waals surface area contributed by atoms with Crippen molar-refractivity contribution in [3.8, 4) is 5.75 Å². The van der Waals surface area contributed by atoms with Crippen LogP contribution in [-0.2, 0) is 14.3 Å². The molecule has 114 valence electrons. The van der Waals surface area contributed by atoms with Gasteiger partial charge in [-0.2, -0.15) is 0 Å². The van der Waals surface area contributed by atoms with E-state index in [1.165, 1.54) is 14.0 Å². The standard InChI is InChI=1S/C14H19N3O4/c1-9(18)16-11-4-3-10(20-2)7-12(11)17-14(19)13-8-15-5-6-21-13/h3-4,7,13,15H,5-6,8H2,1-2H3,(H,16,18)(H,17,19). The SMILES string of the molecule is COc1ccc(NC(C)=O)c(NC(=O)C2CNCCO2)c1. The van der Waals surface area contributed by atoms with E-state index >= 15 is 0 Å².